The van der Waals surface area contributed by atoms with Crippen molar-refractivity contribution in [1.82, 2.24) is 10.3 Å². The molecule has 5 nitrogen and oxygen atoms in total. The molecule has 2 saturated heterocycles. The Morgan fingerprint density at radius 2 is 2.21 bits per heavy atom. The number of hydrogen-bond acceptors (Lipinski definition) is 4. The van der Waals surface area contributed by atoms with Gasteiger partial charge in [-0.05, 0) is 31.0 Å². The van der Waals surface area contributed by atoms with Crippen LogP contribution in [0.1, 0.15) is 16.8 Å². The van der Waals surface area contributed by atoms with Crippen LogP contribution >= 0.6 is 24.8 Å². The van der Waals surface area contributed by atoms with Crippen molar-refractivity contribution in [1.29, 1.82) is 0 Å². The number of rotatable bonds is 2. The van der Waals surface area contributed by atoms with E-state index in [2.05, 4.69) is 15.2 Å². The summed E-state index contributed by atoms with van der Waals surface area (Å²) in [5.41, 5.74) is 5.90. The average Bonchev–Trinajstić information content (AvgIpc) is 2.88. The quantitative estimate of drug-likeness (QED) is 0.849. The summed E-state index contributed by atoms with van der Waals surface area (Å²) in [4.78, 5) is 17.8. The SMILES string of the molecule is Cl.Cl.NC(=O)c1cccnc1N1C[C@@H]2CCN[C@@H]2C1. The van der Waals surface area contributed by atoms with Crippen LogP contribution in [0.2, 0.25) is 0 Å². The van der Waals surface area contributed by atoms with Gasteiger partial charge in [0, 0.05) is 25.3 Å². The van der Waals surface area contributed by atoms with E-state index < -0.39 is 5.91 Å². The third-order valence-corrected chi connectivity index (χ3v) is 3.71. The lowest BCUT2D eigenvalue weighted by Crippen LogP contribution is -2.31. The Labute approximate surface area is 124 Å². The molecule has 0 aliphatic carbocycles. The molecule has 2 aliphatic heterocycles. The highest BCUT2D eigenvalue weighted by atomic mass is 35.5. The minimum Gasteiger partial charge on any atom is -0.365 e. The predicted octanol–water partition coefficient (Wildman–Crippen LogP) is 0.822. The number of nitrogens with two attached hydrogens (primary N) is 1. The molecule has 0 aromatic carbocycles. The molecule has 2 atom stereocenters. The highest BCUT2D eigenvalue weighted by Gasteiger charge is 2.37. The van der Waals surface area contributed by atoms with Crippen LogP contribution in [0.25, 0.3) is 0 Å². The van der Waals surface area contributed by atoms with Crippen molar-refractivity contribution in [2.45, 2.75) is 12.5 Å². The summed E-state index contributed by atoms with van der Waals surface area (Å²) >= 11 is 0. The van der Waals surface area contributed by atoms with E-state index in [1.807, 2.05) is 0 Å². The molecule has 0 saturated carbocycles. The molecule has 3 heterocycles. The first-order chi connectivity index (χ1) is 8.25. The minimum atomic E-state index is -0.405. The Bertz CT molecular complexity index is 445. The maximum atomic E-state index is 11.4. The molecule has 0 bridgehead atoms. The van der Waals surface area contributed by atoms with Gasteiger partial charge in [-0.25, -0.2) is 4.98 Å². The monoisotopic (exact) mass is 304 g/mol. The molecule has 1 aromatic heterocycles. The second-order valence-corrected chi connectivity index (χ2v) is 4.75. The lowest BCUT2D eigenvalue weighted by Gasteiger charge is -2.20. The van der Waals surface area contributed by atoms with Crippen molar-refractivity contribution in [3.8, 4) is 0 Å². The van der Waals surface area contributed by atoms with Crippen molar-refractivity contribution in [2.24, 2.45) is 11.7 Å². The number of aromatic nitrogens is 1. The topological polar surface area (TPSA) is 71.2 Å². The van der Waals surface area contributed by atoms with Gasteiger partial charge in [-0.2, -0.15) is 0 Å². The van der Waals surface area contributed by atoms with Crippen LogP contribution < -0.4 is 16.0 Å². The molecule has 1 amide bonds. The van der Waals surface area contributed by atoms with Gasteiger partial charge in [-0.1, -0.05) is 0 Å². The third kappa shape index (κ3) is 2.94. The number of pyridine rings is 1. The third-order valence-electron chi connectivity index (χ3n) is 3.71. The van der Waals surface area contributed by atoms with Gasteiger partial charge in [0.15, 0.2) is 0 Å². The first kappa shape index (κ1) is 16.0. The largest absolute Gasteiger partial charge is 0.365 e. The van der Waals surface area contributed by atoms with E-state index in [1.54, 1.807) is 18.3 Å². The number of hydrogen-bond donors (Lipinski definition) is 2. The van der Waals surface area contributed by atoms with Crippen LogP contribution in [0.15, 0.2) is 18.3 Å². The van der Waals surface area contributed by atoms with Gasteiger partial charge in [-0.3, -0.25) is 4.79 Å². The zero-order valence-electron chi connectivity index (χ0n) is 10.4. The van der Waals surface area contributed by atoms with Crippen LogP contribution in [0, 0.1) is 5.92 Å². The molecular weight excluding hydrogens is 287 g/mol. The molecule has 0 radical (unpaired) electrons. The van der Waals surface area contributed by atoms with Gasteiger partial charge in [0.05, 0.1) is 5.56 Å². The van der Waals surface area contributed by atoms with Gasteiger partial charge < -0.3 is 16.0 Å². The summed E-state index contributed by atoms with van der Waals surface area (Å²) in [5, 5.41) is 3.48. The van der Waals surface area contributed by atoms with Crippen molar-refractivity contribution < 1.29 is 4.79 Å². The molecule has 2 fully saturated rings. The second kappa shape index (κ2) is 6.41. The van der Waals surface area contributed by atoms with Crippen LogP contribution in [0.3, 0.4) is 0 Å². The maximum absolute atomic E-state index is 11.4. The van der Waals surface area contributed by atoms with Crippen LogP contribution in [0.5, 0.6) is 0 Å². The number of anilines is 1. The molecule has 3 N–H and O–H groups in total. The fourth-order valence-electron chi connectivity index (χ4n) is 2.86. The number of amides is 1. The van der Waals surface area contributed by atoms with E-state index >= 15 is 0 Å². The number of nitrogens with zero attached hydrogens (tertiary/aromatic N) is 2. The normalized spacial score (nSPS) is 24.3. The number of primary amides is 1. The van der Waals surface area contributed by atoms with E-state index in [-0.39, 0.29) is 24.8 Å². The fraction of sp³-hybridized carbons (Fsp3) is 0.500. The van der Waals surface area contributed by atoms with Crippen LogP contribution in [-0.2, 0) is 0 Å². The molecule has 0 spiro atoms. The molecule has 7 heteroatoms. The summed E-state index contributed by atoms with van der Waals surface area (Å²) in [5.74, 6) is 1.01. The fourth-order valence-corrected chi connectivity index (χ4v) is 2.86. The lowest BCUT2D eigenvalue weighted by molar-refractivity contribution is 0.100. The number of nitrogens with one attached hydrogen (secondary N) is 1. The van der Waals surface area contributed by atoms with Crippen molar-refractivity contribution in [2.75, 3.05) is 24.5 Å². The standard InChI is InChI=1S/C12H16N4O.2ClH/c13-11(17)9-2-1-4-15-12(9)16-6-8-3-5-14-10(8)7-16;;/h1-2,4,8,10,14H,3,5-7H2,(H2,13,17);2*1H/t8-,10+;;/m0../s1. The van der Waals surface area contributed by atoms with E-state index in [0.717, 1.165) is 25.5 Å². The van der Waals surface area contributed by atoms with E-state index in [4.69, 9.17) is 5.73 Å². The van der Waals surface area contributed by atoms with Crippen molar-refractivity contribution in [3.05, 3.63) is 23.9 Å². The van der Waals surface area contributed by atoms with E-state index in [9.17, 15) is 4.79 Å². The van der Waals surface area contributed by atoms with Crippen LogP contribution in [0.4, 0.5) is 5.82 Å². The van der Waals surface area contributed by atoms with Crippen molar-refractivity contribution >= 4 is 36.5 Å². The Hall–Kier alpha value is -1.04. The molecule has 106 valence electrons. The molecule has 2 aliphatic rings. The smallest absolute Gasteiger partial charge is 0.252 e. The number of fused-ring (bicyclic) bond motifs is 1. The highest BCUT2D eigenvalue weighted by molar-refractivity contribution is 5.97. The number of carbonyl (C=O) groups is 1. The molecule has 1 aromatic rings. The first-order valence-electron chi connectivity index (χ1n) is 5.99. The maximum Gasteiger partial charge on any atom is 0.252 e. The highest BCUT2D eigenvalue weighted by Crippen LogP contribution is 2.29. The predicted molar refractivity (Wildman–Crippen MR) is 79.4 cm³/mol. The van der Waals surface area contributed by atoms with Gasteiger partial charge >= 0.3 is 0 Å². The van der Waals surface area contributed by atoms with E-state index in [1.165, 1.54) is 6.42 Å². The Morgan fingerprint density at radius 3 is 2.89 bits per heavy atom. The number of carbonyl (C=O) groups excluding carboxylic acids is 1. The summed E-state index contributed by atoms with van der Waals surface area (Å²) in [6.45, 7) is 2.99. The van der Waals surface area contributed by atoms with Crippen LogP contribution in [-0.4, -0.2) is 36.6 Å². The molecule has 3 rings (SSSR count). The summed E-state index contributed by atoms with van der Waals surface area (Å²) in [6.07, 6.45) is 2.92. The van der Waals surface area contributed by atoms with E-state index in [0.29, 0.717) is 17.5 Å². The Balaban J connectivity index is 0.000000902. The first-order valence-corrected chi connectivity index (χ1v) is 5.99. The average molecular weight is 305 g/mol. The molecule has 0 unspecified atom stereocenters. The minimum absolute atomic E-state index is 0. The van der Waals surface area contributed by atoms with Crippen molar-refractivity contribution in [3.63, 3.8) is 0 Å². The number of halogens is 2. The molecule has 19 heavy (non-hydrogen) atoms. The summed E-state index contributed by atoms with van der Waals surface area (Å²) < 4.78 is 0. The van der Waals surface area contributed by atoms with Gasteiger partial charge in [0.2, 0.25) is 0 Å². The second-order valence-electron chi connectivity index (χ2n) is 4.75. The van der Waals surface area contributed by atoms with Gasteiger partial charge in [0.1, 0.15) is 5.82 Å². The zero-order chi connectivity index (χ0) is 11.8. The van der Waals surface area contributed by atoms with Gasteiger partial charge in [-0.15, -0.1) is 24.8 Å². The molecular formula is C12H18Cl2N4O. The Kier molecular flexibility index (Phi) is 5.40. The summed E-state index contributed by atoms with van der Waals surface area (Å²) in [6, 6.07) is 4.03. The zero-order valence-corrected chi connectivity index (χ0v) is 12.0. The Morgan fingerprint density at radius 1 is 1.42 bits per heavy atom. The lowest BCUT2D eigenvalue weighted by atomic mass is 10.1. The summed E-state index contributed by atoms with van der Waals surface area (Å²) in [7, 11) is 0. The van der Waals surface area contributed by atoms with Gasteiger partial charge in [0.25, 0.3) is 5.91 Å².